The Hall–Kier alpha value is -3.46. The summed E-state index contributed by atoms with van der Waals surface area (Å²) in [6, 6.07) is 5.43. The number of benzene rings is 2. The van der Waals surface area contributed by atoms with Gasteiger partial charge >= 0.3 is 6.09 Å². The molecule has 0 aliphatic carbocycles. The molecule has 1 aliphatic heterocycles. The largest absolute Gasteiger partial charge is 0.444 e. The molecule has 0 radical (unpaired) electrons. The summed E-state index contributed by atoms with van der Waals surface area (Å²) < 4.78 is 21.8. The van der Waals surface area contributed by atoms with E-state index in [0.717, 1.165) is 22.2 Å². The molecule has 208 valence electrons. The topological polar surface area (TPSA) is 87.2 Å². The van der Waals surface area contributed by atoms with Gasteiger partial charge in [-0.05, 0) is 59.2 Å². The van der Waals surface area contributed by atoms with E-state index in [-0.39, 0.29) is 22.7 Å². The number of carbonyl (C=O) groups is 1. The van der Waals surface area contributed by atoms with Crippen LogP contribution in [0, 0.1) is 19.7 Å². The molecule has 1 saturated heterocycles. The summed E-state index contributed by atoms with van der Waals surface area (Å²) in [5.74, 6) is 0.0882. The Morgan fingerprint density at radius 1 is 1.15 bits per heavy atom. The number of hydrogen-bond acceptors (Lipinski definition) is 6. The van der Waals surface area contributed by atoms with Gasteiger partial charge < -0.3 is 14.5 Å². The number of aryl methyl sites for hydroxylation is 2. The van der Waals surface area contributed by atoms with Crippen molar-refractivity contribution < 1.29 is 13.9 Å². The number of ether oxygens (including phenoxy) is 1. The van der Waals surface area contributed by atoms with Crippen molar-refractivity contribution in [1.82, 2.24) is 25.1 Å². The smallest absolute Gasteiger partial charge is 0.410 e. The molecule has 1 unspecified atom stereocenters. The van der Waals surface area contributed by atoms with Crippen LogP contribution in [0.25, 0.3) is 32.9 Å². The highest BCUT2D eigenvalue weighted by molar-refractivity contribution is 6.35. The summed E-state index contributed by atoms with van der Waals surface area (Å²) in [5.41, 5.74) is 3.10. The van der Waals surface area contributed by atoms with E-state index >= 15 is 4.39 Å². The van der Waals surface area contributed by atoms with E-state index in [1.807, 2.05) is 72.4 Å². The average molecular weight is 555 g/mol. The van der Waals surface area contributed by atoms with E-state index in [2.05, 4.69) is 20.2 Å². The third kappa shape index (κ3) is 5.37. The molecule has 0 saturated carbocycles. The van der Waals surface area contributed by atoms with E-state index in [1.54, 1.807) is 11.0 Å². The standard InChI is InChI=1S/C27H30ClFN6O2.C2H6/c1-14-7-8-19-21(16(3)32-33-19)20(14)22-18(28)11-17-24(23(22)29)30-13-31-25(17)34-9-10-35(15(2)12-34)26(36)37-27(4,5)6;1-2/h7-8,11,13,15H,9-10,12H2,1-6H3,(H,32,33);1-2H3. The lowest BCUT2D eigenvalue weighted by molar-refractivity contribution is 0.0159. The lowest BCUT2D eigenvalue weighted by atomic mass is 9.94. The summed E-state index contributed by atoms with van der Waals surface area (Å²) in [6.07, 6.45) is 1.03. The van der Waals surface area contributed by atoms with Crippen LogP contribution in [0.1, 0.15) is 52.8 Å². The molecule has 1 amide bonds. The molecular formula is C29H36ClFN6O2. The number of aromatic amines is 1. The van der Waals surface area contributed by atoms with Crippen molar-refractivity contribution in [3.63, 3.8) is 0 Å². The van der Waals surface area contributed by atoms with Gasteiger partial charge in [-0.3, -0.25) is 5.10 Å². The predicted octanol–water partition coefficient (Wildman–Crippen LogP) is 7.05. The van der Waals surface area contributed by atoms with Gasteiger partial charge in [0.25, 0.3) is 0 Å². The van der Waals surface area contributed by atoms with Crippen LogP contribution in [0.2, 0.25) is 5.02 Å². The molecule has 2 aromatic heterocycles. The Bertz CT molecular complexity index is 1530. The van der Waals surface area contributed by atoms with Crippen LogP contribution in [0.5, 0.6) is 0 Å². The first-order chi connectivity index (χ1) is 18.5. The van der Waals surface area contributed by atoms with E-state index in [9.17, 15) is 4.79 Å². The maximum absolute atomic E-state index is 16.2. The molecule has 1 fully saturated rings. The Morgan fingerprint density at radius 3 is 2.54 bits per heavy atom. The summed E-state index contributed by atoms with van der Waals surface area (Å²) in [5, 5.41) is 8.95. The lowest BCUT2D eigenvalue weighted by Gasteiger charge is -2.40. The molecule has 2 aromatic carbocycles. The fraction of sp³-hybridized carbons (Fsp3) is 0.448. The molecule has 5 rings (SSSR count). The molecule has 1 atom stereocenters. The number of rotatable bonds is 2. The van der Waals surface area contributed by atoms with Gasteiger partial charge in [0.1, 0.15) is 23.3 Å². The number of fused-ring (bicyclic) bond motifs is 2. The number of anilines is 1. The second kappa shape index (κ2) is 11.0. The van der Waals surface area contributed by atoms with Crippen molar-refractivity contribution in [2.24, 2.45) is 0 Å². The quantitative estimate of drug-likeness (QED) is 0.285. The highest BCUT2D eigenvalue weighted by Crippen LogP contribution is 2.42. The fourth-order valence-corrected chi connectivity index (χ4v) is 5.32. The van der Waals surface area contributed by atoms with Crippen LogP contribution in [0.3, 0.4) is 0 Å². The Morgan fingerprint density at radius 2 is 1.87 bits per heavy atom. The van der Waals surface area contributed by atoms with E-state index in [4.69, 9.17) is 16.3 Å². The minimum absolute atomic E-state index is 0.127. The minimum Gasteiger partial charge on any atom is -0.444 e. The summed E-state index contributed by atoms with van der Waals surface area (Å²) in [7, 11) is 0. The molecule has 39 heavy (non-hydrogen) atoms. The molecule has 1 N–H and O–H groups in total. The first-order valence-corrected chi connectivity index (χ1v) is 13.7. The molecular weight excluding hydrogens is 519 g/mol. The third-order valence-electron chi connectivity index (χ3n) is 6.72. The molecule has 0 spiro atoms. The first-order valence-electron chi connectivity index (χ1n) is 13.3. The minimum atomic E-state index is -0.569. The highest BCUT2D eigenvalue weighted by atomic mass is 35.5. The fourth-order valence-electron chi connectivity index (χ4n) is 5.03. The molecule has 4 aromatic rings. The molecule has 10 heteroatoms. The Balaban J connectivity index is 0.00000172. The van der Waals surface area contributed by atoms with Gasteiger partial charge in [-0.2, -0.15) is 5.10 Å². The van der Waals surface area contributed by atoms with Gasteiger partial charge in [0.15, 0.2) is 5.82 Å². The van der Waals surface area contributed by atoms with Gasteiger partial charge in [0.2, 0.25) is 0 Å². The van der Waals surface area contributed by atoms with Gasteiger partial charge in [0, 0.05) is 53.3 Å². The van der Waals surface area contributed by atoms with Gasteiger partial charge in [0.05, 0.1) is 10.5 Å². The monoisotopic (exact) mass is 554 g/mol. The second-order valence-corrected chi connectivity index (χ2v) is 11.0. The Kier molecular flexibility index (Phi) is 8.02. The predicted molar refractivity (Wildman–Crippen MR) is 155 cm³/mol. The normalized spacial score (nSPS) is 15.9. The van der Waals surface area contributed by atoms with Crippen LogP contribution in [-0.4, -0.2) is 62.4 Å². The number of halogens is 2. The number of carbonyl (C=O) groups excluding carboxylic acids is 1. The van der Waals surface area contributed by atoms with Gasteiger partial charge in [-0.1, -0.05) is 31.5 Å². The van der Waals surface area contributed by atoms with Crippen molar-refractivity contribution in [2.75, 3.05) is 24.5 Å². The number of nitrogens with zero attached hydrogens (tertiary/aromatic N) is 5. The average Bonchev–Trinajstić information content (AvgIpc) is 3.25. The SMILES string of the molecule is CC.Cc1ccc2n[nH]c(C)c2c1-c1c(Cl)cc2c(N3CCN(C(=O)OC(C)(C)C)C(C)C3)ncnc2c1F. The van der Waals surface area contributed by atoms with Crippen molar-refractivity contribution in [3.05, 3.63) is 46.6 Å². The number of nitrogens with one attached hydrogen (secondary N) is 1. The highest BCUT2D eigenvalue weighted by Gasteiger charge is 2.32. The van der Waals surface area contributed by atoms with Crippen molar-refractivity contribution in [3.8, 4) is 11.1 Å². The number of amides is 1. The molecule has 1 aliphatic rings. The zero-order chi connectivity index (χ0) is 28.6. The second-order valence-electron chi connectivity index (χ2n) is 10.6. The number of aromatic nitrogens is 4. The maximum Gasteiger partial charge on any atom is 0.410 e. The van der Waals surface area contributed by atoms with Gasteiger partial charge in [-0.15, -0.1) is 0 Å². The molecule has 3 heterocycles. The number of piperazine rings is 1. The number of H-pyrrole nitrogens is 1. The summed E-state index contributed by atoms with van der Waals surface area (Å²) in [6.45, 7) is 16.8. The van der Waals surface area contributed by atoms with Crippen LogP contribution in [-0.2, 0) is 4.74 Å². The lowest BCUT2D eigenvalue weighted by Crippen LogP contribution is -2.55. The van der Waals surface area contributed by atoms with Crippen LogP contribution in [0.15, 0.2) is 24.5 Å². The van der Waals surface area contributed by atoms with Gasteiger partial charge in [-0.25, -0.2) is 19.2 Å². The maximum atomic E-state index is 16.2. The zero-order valence-electron chi connectivity index (χ0n) is 23.8. The molecule has 0 bridgehead atoms. The van der Waals surface area contributed by atoms with Crippen LogP contribution < -0.4 is 4.90 Å². The van der Waals surface area contributed by atoms with E-state index < -0.39 is 11.4 Å². The number of hydrogen-bond donors (Lipinski definition) is 1. The van der Waals surface area contributed by atoms with E-state index in [1.165, 1.54) is 6.33 Å². The summed E-state index contributed by atoms with van der Waals surface area (Å²) in [4.78, 5) is 25.2. The molecule has 8 nitrogen and oxygen atoms in total. The van der Waals surface area contributed by atoms with E-state index in [0.29, 0.717) is 42.0 Å². The van der Waals surface area contributed by atoms with Crippen molar-refractivity contribution in [2.45, 2.75) is 67.0 Å². The van der Waals surface area contributed by atoms with Crippen molar-refractivity contribution >= 4 is 45.3 Å². The summed E-state index contributed by atoms with van der Waals surface area (Å²) >= 11 is 6.79. The van der Waals surface area contributed by atoms with Crippen molar-refractivity contribution in [1.29, 1.82) is 0 Å². The van der Waals surface area contributed by atoms with Crippen LogP contribution in [0.4, 0.5) is 15.0 Å². The zero-order valence-corrected chi connectivity index (χ0v) is 24.6. The van der Waals surface area contributed by atoms with Crippen LogP contribution >= 0.6 is 11.6 Å². The first kappa shape index (κ1) is 28.5. The third-order valence-corrected chi connectivity index (χ3v) is 7.01. The Labute approximate surface area is 233 Å².